The molecule has 0 atom stereocenters. The monoisotopic (exact) mass is 239 g/mol. The van der Waals surface area contributed by atoms with Crippen LogP contribution in [-0.2, 0) is 9.53 Å². The Labute approximate surface area is 100 Å². The third-order valence-corrected chi connectivity index (χ3v) is 2.00. The van der Waals surface area contributed by atoms with Gasteiger partial charge in [-0.1, -0.05) is 0 Å². The molecule has 0 unspecified atom stereocenters. The Hall–Kier alpha value is -1.66. The predicted molar refractivity (Wildman–Crippen MR) is 64.2 cm³/mol. The Balaban J connectivity index is 2.29. The number of anilines is 1. The highest BCUT2D eigenvalue weighted by atomic mass is 16.5. The smallest absolute Gasteiger partial charge is 0.238 e. The molecule has 6 heteroatoms. The molecule has 0 saturated heterocycles. The van der Waals surface area contributed by atoms with Gasteiger partial charge in [-0.3, -0.25) is 4.79 Å². The molecule has 0 aliphatic heterocycles. The van der Waals surface area contributed by atoms with Crippen LogP contribution in [0.4, 0.5) is 5.69 Å². The van der Waals surface area contributed by atoms with E-state index in [0.717, 1.165) is 0 Å². The van der Waals surface area contributed by atoms with Gasteiger partial charge in [-0.25, -0.2) is 4.98 Å². The number of amides is 1. The molecule has 0 radical (unpaired) electrons. The van der Waals surface area contributed by atoms with Gasteiger partial charge in [0.15, 0.2) is 0 Å². The van der Waals surface area contributed by atoms with Crippen molar-refractivity contribution in [3.63, 3.8) is 0 Å². The Morgan fingerprint density at radius 1 is 1.41 bits per heavy atom. The third kappa shape index (κ3) is 5.28. The van der Waals surface area contributed by atoms with E-state index >= 15 is 0 Å². The molecule has 6 nitrogen and oxygen atoms in total. The van der Waals surface area contributed by atoms with Crippen molar-refractivity contribution in [3.05, 3.63) is 18.3 Å². The first kappa shape index (κ1) is 13.4. The first-order valence-corrected chi connectivity index (χ1v) is 5.26. The van der Waals surface area contributed by atoms with Gasteiger partial charge in [0, 0.05) is 19.7 Å². The van der Waals surface area contributed by atoms with Gasteiger partial charge in [-0.15, -0.1) is 0 Å². The lowest BCUT2D eigenvalue weighted by molar-refractivity contribution is -0.115. The van der Waals surface area contributed by atoms with Crippen LogP contribution in [0.3, 0.4) is 0 Å². The van der Waals surface area contributed by atoms with Gasteiger partial charge in [0.05, 0.1) is 32.1 Å². The summed E-state index contributed by atoms with van der Waals surface area (Å²) >= 11 is 0. The summed E-state index contributed by atoms with van der Waals surface area (Å²) in [5.74, 6) is 0.397. The number of carbonyl (C=O) groups is 1. The molecule has 1 aromatic heterocycles. The van der Waals surface area contributed by atoms with E-state index in [2.05, 4.69) is 15.6 Å². The predicted octanol–water partition coefficient (Wildman–Crippen LogP) is 0.265. The molecule has 0 saturated carbocycles. The van der Waals surface area contributed by atoms with Crippen molar-refractivity contribution in [2.75, 3.05) is 39.2 Å². The summed E-state index contributed by atoms with van der Waals surface area (Å²) in [6.07, 6.45) is 1.55. The SMILES string of the molecule is COCCNCC(=O)Nc1ccc(OC)nc1. The molecule has 0 fully saturated rings. The van der Waals surface area contributed by atoms with Crippen LogP contribution in [-0.4, -0.2) is 44.8 Å². The van der Waals surface area contributed by atoms with E-state index in [-0.39, 0.29) is 12.5 Å². The zero-order chi connectivity index (χ0) is 12.5. The number of nitrogens with one attached hydrogen (secondary N) is 2. The number of carbonyl (C=O) groups excluding carboxylic acids is 1. The van der Waals surface area contributed by atoms with Crippen LogP contribution in [0.15, 0.2) is 18.3 Å². The number of aromatic nitrogens is 1. The van der Waals surface area contributed by atoms with Gasteiger partial charge in [0.25, 0.3) is 0 Å². The number of hydrogen-bond acceptors (Lipinski definition) is 5. The van der Waals surface area contributed by atoms with E-state index in [4.69, 9.17) is 9.47 Å². The Bertz CT molecular complexity index is 340. The summed E-state index contributed by atoms with van der Waals surface area (Å²) in [6.45, 7) is 1.47. The number of pyridine rings is 1. The lowest BCUT2D eigenvalue weighted by Gasteiger charge is -2.06. The highest BCUT2D eigenvalue weighted by molar-refractivity contribution is 5.92. The van der Waals surface area contributed by atoms with Gasteiger partial charge < -0.3 is 20.1 Å². The van der Waals surface area contributed by atoms with Crippen molar-refractivity contribution >= 4 is 11.6 Å². The lowest BCUT2D eigenvalue weighted by atomic mass is 10.4. The number of methoxy groups -OCH3 is 2. The second kappa shape index (κ2) is 7.59. The van der Waals surface area contributed by atoms with Crippen LogP contribution in [0.25, 0.3) is 0 Å². The molecule has 94 valence electrons. The fourth-order valence-corrected chi connectivity index (χ4v) is 1.16. The van der Waals surface area contributed by atoms with Crippen LogP contribution >= 0.6 is 0 Å². The van der Waals surface area contributed by atoms with E-state index in [0.29, 0.717) is 24.7 Å². The maximum atomic E-state index is 11.5. The van der Waals surface area contributed by atoms with Crippen molar-refractivity contribution in [2.24, 2.45) is 0 Å². The second-order valence-corrected chi connectivity index (χ2v) is 3.31. The van der Waals surface area contributed by atoms with Crippen molar-refractivity contribution in [1.82, 2.24) is 10.3 Å². The van der Waals surface area contributed by atoms with Crippen LogP contribution in [0.5, 0.6) is 5.88 Å². The topological polar surface area (TPSA) is 72.5 Å². The second-order valence-electron chi connectivity index (χ2n) is 3.31. The van der Waals surface area contributed by atoms with Gasteiger partial charge in [-0.05, 0) is 6.07 Å². The largest absolute Gasteiger partial charge is 0.481 e. The standard InChI is InChI=1S/C11H17N3O3/c1-16-6-5-12-8-10(15)14-9-3-4-11(17-2)13-7-9/h3-4,7,12H,5-6,8H2,1-2H3,(H,14,15). The van der Waals surface area contributed by atoms with Crippen LogP contribution in [0, 0.1) is 0 Å². The van der Waals surface area contributed by atoms with E-state index in [9.17, 15) is 4.79 Å². The Kier molecular flexibility index (Phi) is 5.98. The van der Waals surface area contributed by atoms with Gasteiger partial charge in [-0.2, -0.15) is 0 Å². The molecule has 1 aromatic rings. The Morgan fingerprint density at radius 2 is 2.24 bits per heavy atom. The molecule has 17 heavy (non-hydrogen) atoms. The summed E-state index contributed by atoms with van der Waals surface area (Å²) in [5, 5.41) is 5.66. The van der Waals surface area contributed by atoms with Crippen molar-refractivity contribution in [1.29, 1.82) is 0 Å². The van der Waals surface area contributed by atoms with Crippen LogP contribution < -0.4 is 15.4 Å². The first-order valence-electron chi connectivity index (χ1n) is 5.26. The van der Waals surface area contributed by atoms with Gasteiger partial charge in [0.2, 0.25) is 11.8 Å². The van der Waals surface area contributed by atoms with Crippen molar-refractivity contribution in [3.8, 4) is 5.88 Å². The molecule has 0 spiro atoms. The number of rotatable bonds is 7. The first-order chi connectivity index (χ1) is 8.26. The fraction of sp³-hybridized carbons (Fsp3) is 0.455. The van der Waals surface area contributed by atoms with E-state index in [1.807, 2.05) is 0 Å². The van der Waals surface area contributed by atoms with E-state index < -0.39 is 0 Å². The molecule has 1 amide bonds. The minimum Gasteiger partial charge on any atom is -0.481 e. The molecule has 0 aliphatic carbocycles. The highest BCUT2D eigenvalue weighted by Gasteiger charge is 2.02. The van der Waals surface area contributed by atoms with Gasteiger partial charge >= 0.3 is 0 Å². The minimum absolute atomic E-state index is 0.118. The van der Waals surface area contributed by atoms with Gasteiger partial charge in [0.1, 0.15) is 0 Å². The molecule has 0 bridgehead atoms. The zero-order valence-electron chi connectivity index (χ0n) is 10.0. The highest BCUT2D eigenvalue weighted by Crippen LogP contribution is 2.10. The third-order valence-electron chi connectivity index (χ3n) is 2.00. The minimum atomic E-state index is -0.118. The lowest BCUT2D eigenvalue weighted by Crippen LogP contribution is -2.30. The molecular formula is C11H17N3O3. The van der Waals surface area contributed by atoms with Crippen molar-refractivity contribution in [2.45, 2.75) is 0 Å². The average molecular weight is 239 g/mol. The number of ether oxygens (including phenoxy) is 2. The molecule has 0 aliphatic rings. The van der Waals surface area contributed by atoms with E-state index in [1.165, 1.54) is 0 Å². The van der Waals surface area contributed by atoms with E-state index in [1.54, 1.807) is 32.5 Å². The number of hydrogen-bond donors (Lipinski definition) is 2. The molecule has 0 aromatic carbocycles. The summed E-state index contributed by atoms with van der Waals surface area (Å²) in [4.78, 5) is 15.4. The summed E-state index contributed by atoms with van der Waals surface area (Å²) in [7, 11) is 3.16. The number of nitrogens with zero attached hydrogens (tertiary/aromatic N) is 1. The zero-order valence-corrected chi connectivity index (χ0v) is 10.0. The molecular weight excluding hydrogens is 222 g/mol. The molecule has 2 N–H and O–H groups in total. The normalized spacial score (nSPS) is 10.0. The quantitative estimate of drug-likeness (QED) is 0.668. The molecule has 1 rings (SSSR count). The van der Waals surface area contributed by atoms with Crippen LogP contribution in [0.2, 0.25) is 0 Å². The molecule has 1 heterocycles. The maximum Gasteiger partial charge on any atom is 0.238 e. The average Bonchev–Trinajstić information content (AvgIpc) is 2.36. The summed E-state index contributed by atoms with van der Waals surface area (Å²) in [6, 6.07) is 3.42. The summed E-state index contributed by atoms with van der Waals surface area (Å²) < 4.78 is 9.77. The van der Waals surface area contributed by atoms with Crippen LogP contribution in [0.1, 0.15) is 0 Å². The maximum absolute atomic E-state index is 11.5. The summed E-state index contributed by atoms with van der Waals surface area (Å²) in [5.41, 5.74) is 0.643. The Morgan fingerprint density at radius 3 is 2.82 bits per heavy atom. The van der Waals surface area contributed by atoms with Crippen molar-refractivity contribution < 1.29 is 14.3 Å². The fourth-order valence-electron chi connectivity index (χ4n) is 1.16.